The van der Waals surface area contributed by atoms with Crippen molar-refractivity contribution in [1.29, 1.82) is 0 Å². The molecule has 4 nitrogen and oxygen atoms in total. The minimum Gasteiger partial charge on any atom is -0.391 e. The molecule has 0 heterocycles. The number of amides is 2. The minimum atomic E-state index is -0.628. The third-order valence-electron chi connectivity index (χ3n) is 1.44. The first-order chi connectivity index (χ1) is 5.27. The average Bonchev–Trinajstić information content (AvgIpc) is 1.85. The molecule has 0 aromatic rings. The van der Waals surface area contributed by atoms with Gasteiger partial charge in [0.25, 0.3) is 0 Å². The van der Waals surface area contributed by atoms with Crippen molar-refractivity contribution >= 4 is 23.2 Å². The average molecular weight is 189 g/mol. The van der Waals surface area contributed by atoms with Crippen LogP contribution >= 0.6 is 12.2 Å². The highest BCUT2D eigenvalue weighted by atomic mass is 32.1. The Morgan fingerprint density at radius 3 is 2.17 bits per heavy atom. The van der Waals surface area contributed by atoms with E-state index in [0.717, 1.165) is 0 Å². The predicted molar refractivity (Wildman–Crippen MR) is 53.1 cm³/mol. The number of nitrogens with zero attached hydrogens (tertiary/aromatic N) is 1. The van der Waals surface area contributed by atoms with Crippen molar-refractivity contribution in [2.45, 2.75) is 19.4 Å². The van der Waals surface area contributed by atoms with E-state index in [2.05, 4.69) is 5.32 Å². The van der Waals surface area contributed by atoms with Gasteiger partial charge in [0.15, 0.2) is 0 Å². The normalized spacial score (nSPS) is 10.7. The fraction of sp³-hybridized carbons (Fsp3) is 0.714. The van der Waals surface area contributed by atoms with E-state index < -0.39 is 5.54 Å². The van der Waals surface area contributed by atoms with E-state index in [1.807, 2.05) is 0 Å². The zero-order valence-corrected chi connectivity index (χ0v) is 8.66. The first kappa shape index (κ1) is 11.2. The molecule has 0 fully saturated rings. The summed E-state index contributed by atoms with van der Waals surface area (Å²) < 4.78 is 0. The summed E-state index contributed by atoms with van der Waals surface area (Å²) in [4.78, 5) is 12.9. The van der Waals surface area contributed by atoms with Crippen LogP contribution in [0.2, 0.25) is 0 Å². The molecule has 2 amide bonds. The Bertz CT molecular complexity index is 201. The highest BCUT2D eigenvalue weighted by Crippen LogP contribution is 2.02. The molecule has 0 atom stereocenters. The molecular weight excluding hydrogens is 174 g/mol. The molecule has 0 aliphatic carbocycles. The van der Waals surface area contributed by atoms with Gasteiger partial charge in [0.1, 0.15) is 0 Å². The molecule has 0 rings (SSSR count). The van der Waals surface area contributed by atoms with E-state index in [1.165, 1.54) is 4.90 Å². The van der Waals surface area contributed by atoms with Crippen molar-refractivity contribution in [1.82, 2.24) is 10.2 Å². The zero-order chi connectivity index (χ0) is 9.94. The van der Waals surface area contributed by atoms with Crippen molar-refractivity contribution in [3.8, 4) is 0 Å². The first-order valence-corrected chi connectivity index (χ1v) is 3.97. The second kappa shape index (κ2) is 3.71. The molecule has 5 heteroatoms. The minimum absolute atomic E-state index is 0.201. The summed E-state index contributed by atoms with van der Waals surface area (Å²) in [5.41, 5.74) is 4.79. The maximum absolute atomic E-state index is 11.2. The van der Waals surface area contributed by atoms with Crippen LogP contribution in [0.1, 0.15) is 13.8 Å². The molecule has 0 saturated heterocycles. The predicted octanol–water partition coefficient (Wildman–Crippen LogP) is 0.322. The van der Waals surface area contributed by atoms with Crippen LogP contribution in [0.4, 0.5) is 4.79 Å². The van der Waals surface area contributed by atoms with E-state index in [9.17, 15) is 4.79 Å². The SMILES string of the molecule is CN(C)C(=O)NC(C)(C)C(N)=S. The summed E-state index contributed by atoms with van der Waals surface area (Å²) in [6.07, 6.45) is 0. The quantitative estimate of drug-likeness (QED) is 0.615. The van der Waals surface area contributed by atoms with Gasteiger partial charge in [0.2, 0.25) is 0 Å². The standard InChI is InChI=1S/C7H15N3OS/c1-7(2,5(8)12)9-6(11)10(3)4/h1-4H3,(H2,8,12)(H,9,11). The van der Waals surface area contributed by atoms with Gasteiger partial charge in [-0.25, -0.2) is 4.79 Å². The number of nitrogens with one attached hydrogen (secondary N) is 1. The zero-order valence-electron chi connectivity index (χ0n) is 7.84. The first-order valence-electron chi connectivity index (χ1n) is 3.56. The smallest absolute Gasteiger partial charge is 0.317 e. The number of hydrogen-bond donors (Lipinski definition) is 2. The van der Waals surface area contributed by atoms with E-state index >= 15 is 0 Å². The molecule has 12 heavy (non-hydrogen) atoms. The van der Waals surface area contributed by atoms with Gasteiger partial charge in [-0.15, -0.1) is 0 Å². The second-order valence-corrected chi connectivity index (χ2v) is 3.75. The number of nitrogens with two attached hydrogens (primary N) is 1. The van der Waals surface area contributed by atoms with Crippen LogP contribution in [0.15, 0.2) is 0 Å². The Balaban J connectivity index is 4.25. The fourth-order valence-corrected chi connectivity index (χ4v) is 0.492. The van der Waals surface area contributed by atoms with Gasteiger partial charge < -0.3 is 16.0 Å². The van der Waals surface area contributed by atoms with Gasteiger partial charge in [-0.2, -0.15) is 0 Å². The van der Waals surface area contributed by atoms with Crippen LogP contribution in [-0.4, -0.2) is 35.6 Å². The molecule has 0 spiro atoms. The third kappa shape index (κ3) is 3.04. The molecule has 0 aliphatic rings. The number of hydrogen-bond acceptors (Lipinski definition) is 2. The van der Waals surface area contributed by atoms with Crippen LogP contribution in [0.3, 0.4) is 0 Å². The van der Waals surface area contributed by atoms with Gasteiger partial charge in [-0.1, -0.05) is 12.2 Å². The van der Waals surface area contributed by atoms with Gasteiger partial charge >= 0.3 is 6.03 Å². The van der Waals surface area contributed by atoms with Gasteiger partial charge in [-0.3, -0.25) is 0 Å². The Kier molecular flexibility index (Phi) is 3.45. The molecule has 3 N–H and O–H groups in total. The molecule has 0 aromatic carbocycles. The van der Waals surface area contributed by atoms with Crippen molar-refractivity contribution in [3.05, 3.63) is 0 Å². The van der Waals surface area contributed by atoms with Crippen molar-refractivity contribution in [3.63, 3.8) is 0 Å². The Labute approximate surface area is 78.1 Å². The lowest BCUT2D eigenvalue weighted by molar-refractivity contribution is 0.212. The summed E-state index contributed by atoms with van der Waals surface area (Å²) in [5.74, 6) is 0. The summed E-state index contributed by atoms with van der Waals surface area (Å²) in [5, 5.41) is 2.68. The second-order valence-electron chi connectivity index (χ2n) is 3.31. The molecule has 70 valence electrons. The molecule has 0 bridgehead atoms. The van der Waals surface area contributed by atoms with Crippen LogP contribution < -0.4 is 11.1 Å². The van der Waals surface area contributed by atoms with Crippen LogP contribution in [-0.2, 0) is 0 Å². The molecule has 0 aliphatic heterocycles. The third-order valence-corrected chi connectivity index (χ3v) is 1.95. The monoisotopic (exact) mass is 189 g/mol. The maximum atomic E-state index is 11.2. The fourth-order valence-electron chi connectivity index (χ4n) is 0.441. The molecular formula is C7H15N3OS. The van der Waals surface area contributed by atoms with E-state index in [4.69, 9.17) is 18.0 Å². The van der Waals surface area contributed by atoms with Crippen molar-refractivity contribution in [2.75, 3.05) is 14.1 Å². The van der Waals surface area contributed by atoms with Crippen LogP contribution in [0, 0.1) is 0 Å². The number of carbonyl (C=O) groups excluding carboxylic acids is 1. The van der Waals surface area contributed by atoms with Crippen LogP contribution in [0.25, 0.3) is 0 Å². The Morgan fingerprint density at radius 1 is 1.50 bits per heavy atom. The van der Waals surface area contributed by atoms with Gasteiger partial charge in [0.05, 0.1) is 10.5 Å². The number of rotatable bonds is 2. The summed E-state index contributed by atoms with van der Waals surface area (Å²) in [7, 11) is 3.32. The molecule has 0 saturated carbocycles. The molecule has 0 aromatic heterocycles. The lowest BCUT2D eigenvalue weighted by Gasteiger charge is -2.26. The largest absolute Gasteiger partial charge is 0.391 e. The summed E-state index contributed by atoms with van der Waals surface area (Å²) in [6, 6.07) is -0.201. The van der Waals surface area contributed by atoms with Gasteiger partial charge in [-0.05, 0) is 13.8 Å². The Hall–Kier alpha value is -0.840. The highest BCUT2D eigenvalue weighted by molar-refractivity contribution is 7.80. The Morgan fingerprint density at radius 2 is 1.92 bits per heavy atom. The topological polar surface area (TPSA) is 58.4 Å². The van der Waals surface area contributed by atoms with Crippen molar-refractivity contribution in [2.24, 2.45) is 5.73 Å². The van der Waals surface area contributed by atoms with E-state index in [1.54, 1.807) is 27.9 Å². The van der Waals surface area contributed by atoms with Crippen LogP contribution in [0.5, 0.6) is 0 Å². The van der Waals surface area contributed by atoms with Crippen molar-refractivity contribution < 1.29 is 4.79 Å². The lowest BCUT2D eigenvalue weighted by atomic mass is 10.1. The summed E-state index contributed by atoms with van der Waals surface area (Å²) in [6.45, 7) is 3.52. The van der Waals surface area contributed by atoms with E-state index in [0.29, 0.717) is 0 Å². The van der Waals surface area contributed by atoms with Gasteiger partial charge in [0, 0.05) is 14.1 Å². The number of carbonyl (C=O) groups is 1. The number of thiocarbonyl (C=S) groups is 1. The lowest BCUT2D eigenvalue weighted by Crippen LogP contribution is -2.54. The van der Waals surface area contributed by atoms with E-state index in [-0.39, 0.29) is 11.0 Å². The molecule has 0 radical (unpaired) electrons. The highest BCUT2D eigenvalue weighted by Gasteiger charge is 2.23. The maximum Gasteiger partial charge on any atom is 0.317 e. The number of urea groups is 1. The molecule has 0 unspecified atom stereocenters. The summed E-state index contributed by atoms with van der Waals surface area (Å²) >= 11 is 4.78.